The molecule has 1 fully saturated rings. The van der Waals surface area contributed by atoms with Crippen LogP contribution in [0.1, 0.15) is 43.2 Å². The molecule has 0 heterocycles. The van der Waals surface area contributed by atoms with Crippen LogP contribution in [0.2, 0.25) is 0 Å². The fourth-order valence-corrected chi connectivity index (χ4v) is 3.68. The smallest absolute Gasteiger partial charge is 0.220 e. The number of rotatable bonds is 3. The van der Waals surface area contributed by atoms with Gasteiger partial charge in [0.1, 0.15) is 0 Å². The third kappa shape index (κ3) is 3.04. The van der Waals surface area contributed by atoms with Crippen LogP contribution in [0.4, 0.5) is 0 Å². The molecule has 3 nitrogen and oxygen atoms in total. The first kappa shape index (κ1) is 13.6. The summed E-state index contributed by atoms with van der Waals surface area (Å²) in [7, 11) is 0. The van der Waals surface area contributed by atoms with Gasteiger partial charge in [0.15, 0.2) is 0 Å². The van der Waals surface area contributed by atoms with Crippen molar-refractivity contribution in [2.45, 2.75) is 57.0 Å². The molecular weight excluding hydrogens is 248 g/mol. The average Bonchev–Trinajstić information content (AvgIpc) is 2.83. The molecule has 3 heteroatoms. The number of carbonyl (C=O) groups is 1. The van der Waals surface area contributed by atoms with Gasteiger partial charge < -0.3 is 11.1 Å². The Hall–Kier alpha value is -1.35. The number of fused-ring (bicyclic) bond motifs is 1. The Morgan fingerprint density at radius 1 is 1.15 bits per heavy atom. The van der Waals surface area contributed by atoms with Crippen LogP contribution < -0.4 is 11.1 Å². The summed E-state index contributed by atoms with van der Waals surface area (Å²) in [5.41, 5.74) is 8.89. The first-order valence-corrected chi connectivity index (χ1v) is 7.84. The molecule has 2 atom stereocenters. The Balaban J connectivity index is 1.51. The Morgan fingerprint density at radius 2 is 1.80 bits per heavy atom. The Morgan fingerprint density at radius 3 is 2.45 bits per heavy atom. The van der Waals surface area contributed by atoms with Gasteiger partial charge in [0.05, 0.1) is 0 Å². The molecule has 108 valence electrons. The third-order valence-corrected chi connectivity index (χ3v) is 4.83. The van der Waals surface area contributed by atoms with E-state index in [1.165, 1.54) is 24.0 Å². The van der Waals surface area contributed by atoms with Crippen LogP contribution in [0.25, 0.3) is 0 Å². The second-order valence-corrected chi connectivity index (χ2v) is 6.35. The van der Waals surface area contributed by atoms with Crippen LogP contribution in [0.5, 0.6) is 0 Å². The standard InChI is InChI=1S/C17H24N2O/c18-16-8-4-3-7-14(16)11-17(20)19-15-9-12-5-1-2-6-13(12)10-15/h1-2,5-6,14-16H,3-4,7-11,18H2,(H,19,20). The van der Waals surface area contributed by atoms with E-state index >= 15 is 0 Å². The van der Waals surface area contributed by atoms with Gasteiger partial charge in [-0.3, -0.25) is 4.79 Å². The molecule has 0 spiro atoms. The number of benzene rings is 1. The van der Waals surface area contributed by atoms with Crippen molar-refractivity contribution < 1.29 is 4.79 Å². The maximum absolute atomic E-state index is 12.2. The van der Waals surface area contributed by atoms with Gasteiger partial charge in [-0.2, -0.15) is 0 Å². The fraction of sp³-hybridized carbons (Fsp3) is 0.588. The maximum atomic E-state index is 12.2. The zero-order valence-corrected chi connectivity index (χ0v) is 12.0. The molecule has 3 N–H and O–H groups in total. The minimum absolute atomic E-state index is 0.185. The minimum atomic E-state index is 0.185. The lowest BCUT2D eigenvalue weighted by molar-refractivity contribution is -0.123. The van der Waals surface area contributed by atoms with Gasteiger partial charge in [-0.15, -0.1) is 0 Å². The Labute approximate surface area is 120 Å². The molecule has 2 unspecified atom stereocenters. The van der Waals surface area contributed by atoms with Crippen molar-refractivity contribution in [2.75, 3.05) is 0 Å². The summed E-state index contributed by atoms with van der Waals surface area (Å²) >= 11 is 0. The van der Waals surface area contributed by atoms with Gasteiger partial charge in [0.25, 0.3) is 0 Å². The van der Waals surface area contributed by atoms with E-state index < -0.39 is 0 Å². The summed E-state index contributed by atoms with van der Waals surface area (Å²) in [6, 6.07) is 8.97. The second kappa shape index (κ2) is 5.96. The van der Waals surface area contributed by atoms with Gasteiger partial charge in [0, 0.05) is 18.5 Å². The third-order valence-electron chi connectivity index (χ3n) is 4.83. The predicted octanol–water partition coefficient (Wildman–Crippen LogP) is 2.18. The van der Waals surface area contributed by atoms with Gasteiger partial charge >= 0.3 is 0 Å². The number of hydrogen-bond acceptors (Lipinski definition) is 2. The van der Waals surface area contributed by atoms with Crippen LogP contribution in [-0.4, -0.2) is 18.0 Å². The van der Waals surface area contributed by atoms with Crippen molar-refractivity contribution in [3.8, 4) is 0 Å². The van der Waals surface area contributed by atoms with Crippen LogP contribution in [0.15, 0.2) is 24.3 Å². The van der Waals surface area contributed by atoms with E-state index in [2.05, 4.69) is 29.6 Å². The predicted molar refractivity (Wildman–Crippen MR) is 80.3 cm³/mol. The van der Waals surface area contributed by atoms with Gasteiger partial charge in [-0.25, -0.2) is 0 Å². The summed E-state index contributed by atoms with van der Waals surface area (Å²) < 4.78 is 0. The fourth-order valence-electron chi connectivity index (χ4n) is 3.68. The largest absolute Gasteiger partial charge is 0.353 e. The summed E-state index contributed by atoms with van der Waals surface area (Å²) in [6.45, 7) is 0. The lowest BCUT2D eigenvalue weighted by Gasteiger charge is -2.28. The molecule has 2 aliphatic rings. The maximum Gasteiger partial charge on any atom is 0.220 e. The van der Waals surface area contributed by atoms with Crippen molar-refractivity contribution in [3.63, 3.8) is 0 Å². The second-order valence-electron chi connectivity index (χ2n) is 6.35. The topological polar surface area (TPSA) is 55.1 Å². The lowest BCUT2D eigenvalue weighted by Crippen LogP contribution is -2.40. The zero-order valence-electron chi connectivity index (χ0n) is 12.0. The Kier molecular flexibility index (Phi) is 4.06. The van der Waals surface area contributed by atoms with E-state index in [-0.39, 0.29) is 18.0 Å². The van der Waals surface area contributed by atoms with Crippen molar-refractivity contribution in [3.05, 3.63) is 35.4 Å². The number of hydrogen-bond donors (Lipinski definition) is 2. The number of nitrogens with one attached hydrogen (secondary N) is 1. The highest BCUT2D eigenvalue weighted by molar-refractivity contribution is 5.76. The highest BCUT2D eigenvalue weighted by atomic mass is 16.1. The number of carbonyl (C=O) groups excluding carboxylic acids is 1. The van der Waals surface area contributed by atoms with Gasteiger partial charge in [-0.1, -0.05) is 37.1 Å². The first-order valence-electron chi connectivity index (χ1n) is 7.84. The highest BCUT2D eigenvalue weighted by Gasteiger charge is 2.27. The van der Waals surface area contributed by atoms with Gasteiger partial charge in [0.2, 0.25) is 5.91 Å². The molecule has 0 radical (unpaired) electrons. The quantitative estimate of drug-likeness (QED) is 0.886. The lowest BCUT2D eigenvalue weighted by atomic mass is 9.83. The van der Waals surface area contributed by atoms with Crippen LogP contribution in [-0.2, 0) is 17.6 Å². The molecule has 1 aromatic carbocycles. The van der Waals surface area contributed by atoms with Crippen molar-refractivity contribution in [2.24, 2.45) is 11.7 Å². The summed E-state index contributed by atoms with van der Waals surface area (Å²) in [4.78, 5) is 12.2. The molecule has 1 aromatic rings. The van der Waals surface area contributed by atoms with E-state index in [4.69, 9.17) is 5.73 Å². The van der Waals surface area contributed by atoms with E-state index in [9.17, 15) is 4.79 Å². The zero-order chi connectivity index (χ0) is 13.9. The average molecular weight is 272 g/mol. The van der Waals surface area contributed by atoms with E-state index in [1.807, 2.05) is 0 Å². The molecule has 0 aliphatic heterocycles. The summed E-state index contributed by atoms with van der Waals surface area (Å²) in [5, 5.41) is 3.20. The molecule has 0 aromatic heterocycles. The van der Waals surface area contributed by atoms with Gasteiger partial charge in [-0.05, 0) is 42.7 Å². The summed E-state index contributed by atoms with van der Waals surface area (Å²) in [5.74, 6) is 0.567. The van der Waals surface area contributed by atoms with E-state index in [0.717, 1.165) is 25.7 Å². The normalized spacial score (nSPS) is 26.2. The SMILES string of the molecule is NC1CCCCC1CC(=O)NC1Cc2ccccc2C1. The van der Waals surface area contributed by atoms with Crippen LogP contribution >= 0.6 is 0 Å². The molecule has 20 heavy (non-hydrogen) atoms. The minimum Gasteiger partial charge on any atom is -0.353 e. The molecule has 0 bridgehead atoms. The van der Waals surface area contributed by atoms with Crippen molar-refractivity contribution >= 4 is 5.91 Å². The molecule has 3 rings (SSSR count). The van der Waals surface area contributed by atoms with E-state index in [0.29, 0.717) is 12.3 Å². The number of amides is 1. The molecular formula is C17H24N2O. The van der Waals surface area contributed by atoms with Crippen LogP contribution in [0, 0.1) is 5.92 Å². The summed E-state index contributed by atoms with van der Waals surface area (Å²) in [6.07, 6.45) is 7.18. The first-order chi connectivity index (χ1) is 9.72. The highest BCUT2D eigenvalue weighted by Crippen LogP contribution is 2.26. The van der Waals surface area contributed by atoms with Crippen molar-refractivity contribution in [1.82, 2.24) is 5.32 Å². The number of nitrogens with two attached hydrogens (primary N) is 1. The molecule has 2 aliphatic carbocycles. The molecule has 1 amide bonds. The van der Waals surface area contributed by atoms with E-state index in [1.54, 1.807) is 0 Å². The van der Waals surface area contributed by atoms with Crippen molar-refractivity contribution in [1.29, 1.82) is 0 Å². The molecule has 0 saturated heterocycles. The van der Waals surface area contributed by atoms with Crippen LogP contribution in [0.3, 0.4) is 0 Å². The molecule has 1 saturated carbocycles. The monoisotopic (exact) mass is 272 g/mol. The Bertz CT molecular complexity index is 461.